The average molecular weight is 114 g/mol. The summed E-state index contributed by atoms with van der Waals surface area (Å²) < 4.78 is 0. The minimum absolute atomic E-state index is 0.667. The zero-order valence-electron chi connectivity index (χ0n) is 4.28. The van der Waals surface area contributed by atoms with Crippen LogP contribution in [0.2, 0.25) is 0 Å². The van der Waals surface area contributed by atoms with Gasteiger partial charge in [-0.05, 0) is 12.5 Å². The van der Waals surface area contributed by atoms with E-state index in [0.29, 0.717) is 6.54 Å². The van der Waals surface area contributed by atoms with Gasteiger partial charge in [-0.25, -0.2) is 0 Å². The molecule has 0 aliphatic carbocycles. The van der Waals surface area contributed by atoms with Gasteiger partial charge in [0, 0.05) is 0 Å². The Kier molecular flexibility index (Phi) is 1.91. The van der Waals surface area contributed by atoms with Crippen LogP contribution in [0.5, 0.6) is 0 Å². The van der Waals surface area contributed by atoms with E-state index in [1.54, 1.807) is 0 Å². The highest BCUT2D eigenvalue weighted by atomic mass is 17.3. The number of rotatable bonds is 0. The van der Waals surface area contributed by atoms with E-state index in [1.165, 1.54) is 6.26 Å². The molecule has 4 nitrogen and oxygen atoms in total. The molecule has 0 unspecified atom stereocenters. The van der Waals surface area contributed by atoms with Gasteiger partial charge in [0.1, 0.15) is 6.26 Å². The van der Waals surface area contributed by atoms with E-state index < -0.39 is 0 Å². The van der Waals surface area contributed by atoms with Crippen LogP contribution in [0.25, 0.3) is 0 Å². The van der Waals surface area contributed by atoms with Crippen molar-refractivity contribution in [3.8, 4) is 0 Å². The van der Waals surface area contributed by atoms with Crippen LogP contribution in [0.3, 0.4) is 0 Å². The van der Waals surface area contributed by atoms with Gasteiger partial charge in [0.15, 0.2) is 0 Å². The van der Waals surface area contributed by atoms with Crippen molar-refractivity contribution < 1.29 is 9.88 Å². The van der Waals surface area contributed by atoms with Gasteiger partial charge in [-0.3, -0.25) is 4.89 Å². The Balaban J connectivity index is 2.29. The molecule has 0 fully saturated rings. The van der Waals surface area contributed by atoms with Crippen molar-refractivity contribution in [2.75, 3.05) is 6.54 Å². The van der Waals surface area contributed by atoms with E-state index in [1.807, 2.05) is 6.08 Å². The lowest BCUT2D eigenvalue weighted by molar-refractivity contribution is -0.258. The molecule has 0 radical (unpaired) electrons. The molecule has 8 heavy (non-hydrogen) atoms. The monoisotopic (exact) mass is 114 g/mol. The SMILES string of the molecule is C1=COON=NCC1. The Bertz CT molecular complexity index is 84.6. The van der Waals surface area contributed by atoms with Crippen LogP contribution in [0.15, 0.2) is 22.7 Å². The lowest BCUT2D eigenvalue weighted by Crippen LogP contribution is -1.83. The lowest BCUT2D eigenvalue weighted by Gasteiger charge is -1.93. The fraction of sp³-hybridized carbons (Fsp3) is 0.500. The zero-order valence-corrected chi connectivity index (χ0v) is 4.28. The molecule has 0 amide bonds. The van der Waals surface area contributed by atoms with Crippen molar-refractivity contribution in [1.82, 2.24) is 0 Å². The molecule has 0 aromatic heterocycles. The van der Waals surface area contributed by atoms with E-state index in [0.717, 1.165) is 6.42 Å². The van der Waals surface area contributed by atoms with Gasteiger partial charge < -0.3 is 0 Å². The predicted octanol–water partition coefficient (Wildman–Crippen LogP) is 1.22. The Labute approximate surface area is 46.7 Å². The van der Waals surface area contributed by atoms with Crippen molar-refractivity contribution in [2.24, 2.45) is 10.4 Å². The predicted molar refractivity (Wildman–Crippen MR) is 25.6 cm³/mol. The molecule has 0 spiro atoms. The number of hydrogen-bond acceptors (Lipinski definition) is 4. The summed E-state index contributed by atoms with van der Waals surface area (Å²) in [6, 6.07) is 0. The maximum absolute atomic E-state index is 4.33. The molecule has 1 aliphatic rings. The van der Waals surface area contributed by atoms with Gasteiger partial charge in [0.25, 0.3) is 0 Å². The summed E-state index contributed by atoms with van der Waals surface area (Å²) in [4.78, 5) is 8.48. The summed E-state index contributed by atoms with van der Waals surface area (Å²) in [5, 5.41) is 6.74. The van der Waals surface area contributed by atoms with Crippen molar-refractivity contribution in [2.45, 2.75) is 6.42 Å². The van der Waals surface area contributed by atoms with E-state index in [2.05, 4.69) is 20.3 Å². The van der Waals surface area contributed by atoms with Gasteiger partial charge in [-0.15, -0.1) is 10.1 Å². The molecule has 0 bridgehead atoms. The molecule has 0 saturated heterocycles. The first-order chi connectivity index (χ1) is 4.00. The van der Waals surface area contributed by atoms with E-state index >= 15 is 0 Å². The van der Waals surface area contributed by atoms with Gasteiger partial charge in [0.05, 0.1) is 11.8 Å². The minimum atomic E-state index is 0.667. The third-order valence-corrected chi connectivity index (χ3v) is 0.682. The Morgan fingerprint density at radius 3 is 3.50 bits per heavy atom. The molecule has 0 atom stereocenters. The molecule has 0 aromatic rings. The topological polar surface area (TPSA) is 43.2 Å². The largest absolute Gasteiger partial charge is 0.274 e. The summed E-state index contributed by atoms with van der Waals surface area (Å²) in [6.07, 6.45) is 4.11. The third kappa shape index (κ3) is 1.59. The second-order valence-corrected chi connectivity index (χ2v) is 1.28. The van der Waals surface area contributed by atoms with Crippen LogP contribution in [0.4, 0.5) is 0 Å². The van der Waals surface area contributed by atoms with E-state index in [9.17, 15) is 0 Å². The lowest BCUT2D eigenvalue weighted by atomic mass is 10.4. The molecular formula is C4H6N2O2. The molecule has 0 saturated carbocycles. The van der Waals surface area contributed by atoms with Crippen molar-refractivity contribution in [3.05, 3.63) is 12.3 Å². The summed E-state index contributed by atoms with van der Waals surface area (Å²) >= 11 is 0. The maximum Gasteiger partial charge on any atom is 0.141 e. The molecular weight excluding hydrogens is 108 g/mol. The van der Waals surface area contributed by atoms with Crippen LogP contribution in [-0.2, 0) is 9.88 Å². The molecule has 1 aliphatic heterocycles. The second kappa shape index (κ2) is 3.01. The smallest absolute Gasteiger partial charge is 0.141 e. The molecule has 44 valence electrons. The zero-order chi connectivity index (χ0) is 5.66. The van der Waals surface area contributed by atoms with E-state index in [4.69, 9.17) is 0 Å². The quantitative estimate of drug-likeness (QED) is 0.444. The normalized spacial score (nSPS) is 18.0. The molecule has 1 heterocycles. The highest BCUT2D eigenvalue weighted by Crippen LogP contribution is 1.92. The van der Waals surface area contributed by atoms with E-state index in [-0.39, 0.29) is 0 Å². The molecule has 1 rings (SSSR count). The van der Waals surface area contributed by atoms with Crippen molar-refractivity contribution in [3.63, 3.8) is 0 Å². The highest BCUT2D eigenvalue weighted by Gasteiger charge is 1.83. The first-order valence-electron chi connectivity index (χ1n) is 2.34. The standard InChI is InChI=1S/C4H6N2O2/c1-2-4-7-8-6-5-3-1/h2,4H,1,3H2. The average Bonchev–Trinajstić information content (AvgIpc) is 1.62. The Hall–Kier alpha value is -1.06. The van der Waals surface area contributed by atoms with Gasteiger partial charge >= 0.3 is 0 Å². The molecule has 0 aromatic carbocycles. The highest BCUT2D eigenvalue weighted by molar-refractivity contribution is 4.72. The first kappa shape index (κ1) is 5.08. The number of nitrogens with zero attached hydrogens (tertiary/aromatic N) is 2. The van der Waals surface area contributed by atoms with Crippen LogP contribution < -0.4 is 0 Å². The van der Waals surface area contributed by atoms with Gasteiger partial charge in [-0.2, -0.15) is 0 Å². The van der Waals surface area contributed by atoms with Gasteiger partial charge in [-0.1, -0.05) is 0 Å². The minimum Gasteiger partial charge on any atom is -0.274 e. The maximum atomic E-state index is 4.33. The first-order valence-corrected chi connectivity index (χ1v) is 2.34. The van der Waals surface area contributed by atoms with Crippen LogP contribution in [0, 0.1) is 0 Å². The summed E-state index contributed by atoms with van der Waals surface area (Å²) in [5.74, 6) is 0. The molecule has 4 heteroatoms. The fourth-order valence-corrected chi connectivity index (χ4v) is 0.348. The Morgan fingerprint density at radius 1 is 1.50 bits per heavy atom. The second-order valence-electron chi connectivity index (χ2n) is 1.28. The van der Waals surface area contributed by atoms with Crippen molar-refractivity contribution in [1.29, 1.82) is 0 Å². The summed E-state index contributed by atoms with van der Waals surface area (Å²) in [6.45, 7) is 0.667. The van der Waals surface area contributed by atoms with Crippen LogP contribution in [0.1, 0.15) is 6.42 Å². The Morgan fingerprint density at radius 2 is 2.50 bits per heavy atom. The molecule has 0 N–H and O–H groups in total. The van der Waals surface area contributed by atoms with Crippen LogP contribution in [-0.4, -0.2) is 6.54 Å². The summed E-state index contributed by atoms with van der Waals surface area (Å²) in [7, 11) is 0. The van der Waals surface area contributed by atoms with Crippen LogP contribution >= 0.6 is 0 Å². The number of hydrogen-bond donors (Lipinski definition) is 0. The third-order valence-electron chi connectivity index (χ3n) is 0.682. The summed E-state index contributed by atoms with van der Waals surface area (Å²) in [5.41, 5.74) is 0. The van der Waals surface area contributed by atoms with Crippen molar-refractivity contribution >= 4 is 0 Å². The fourth-order valence-electron chi connectivity index (χ4n) is 0.348. The van der Waals surface area contributed by atoms with Gasteiger partial charge in [0.2, 0.25) is 0 Å².